The molecule has 1 aromatic heterocycles. The summed E-state index contributed by atoms with van der Waals surface area (Å²) in [7, 11) is -3.54. The van der Waals surface area contributed by atoms with E-state index < -0.39 is 10.0 Å². The zero-order valence-corrected chi connectivity index (χ0v) is 13.2. The first-order chi connectivity index (χ1) is 9.28. The smallest absolute Gasteiger partial charge is 0.237 e. The minimum atomic E-state index is -3.54. The second kappa shape index (κ2) is 5.63. The summed E-state index contributed by atoms with van der Waals surface area (Å²) in [5.74, 6) is -0.187. The summed E-state index contributed by atoms with van der Waals surface area (Å²) < 4.78 is 26.8. The number of rotatable bonds is 4. The van der Waals surface area contributed by atoms with Crippen LogP contribution in [0.3, 0.4) is 0 Å². The molecule has 0 saturated heterocycles. The summed E-state index contributed by atoms with van der Waals surface area (Å²) in [6.07, 6.45) is 0. The number of hydrogen-bond acceptors (Lipinski definition) is 3. The number of halogens is 2. The molecule has 2 rings (SSSR count). The fourth-order valence-electron chi connectivity index (χ4n) is 1.74. The molecule has 0 bridgehead atoms. The predicted octanol–water partition coefficient (Wildman–Crippen LogP) is 3.28. The van der Waals surface area contributed by atoms with Gasteiger partial charge in [0.15, 0.2) is 0 Å². The lowest BCUT2D eigenvalue weighted by atomic mass is 10.2. The third-order valence-corrected chi connectivity index (χ3v) is 4.69. The van der Waals surface area contributed by atoms with Crippen molar-refractivity contribution in [3.63, 3.8) is 0 Å². The van der Waals surface area contributed by atoms with Crippen molar-refractivity contribution in [1.29, 1.82) is 0 Å². The molecule has 0 aliphatic heterocycles. The van der Waals surface area contributed by atoms with E-state index in [1.807, 2.05) is 0 Å². The molecule has 0 aliphatic carbocycles. The SMILES string of the molecule is Cc1n[nH]c(C)c1NS(=O)(=O)Cc1ccc(Cl)c(Cl)c1. The first-order valence-electron chi connectivity index (χ1n) is 5.74. The summed E-state index contributed by atoms with van der Waals surface area (Å²) in [6.45, 7) is 3.47. The van der Waals surface area contributed by atoms with Crippen molar-refractivity contribution >= 4 is 38.9 Å². The van der Waals surface area contributed by atoms with E-state index in [9.17, 15) is 8.42 Å². The van der Waals surface area contributed by atoms with Crippen LogP contribution in [0, 0.1) is 13.8 Å². The highest BCUT2D eigenvalue weighted by Gasteiger charge is 2.16. The molecule has 0 fully saturated rings. The Balaban J connectivity index is 2.21. The Kier molecular flexibility index (Phi) is 4.27. The minimum absolute atomic E-state index is 0.187. The van der Waals surface area contributed by atoms with Gasteiger partial charge in [-0.2, -0.15) is 5.10 Å². The van der Waals surface area contributed by atoms with E-state index in [2.05, 4.69) is 14.9 Å². The maximum absolute atomic E-state index is 12.1. The van der Waals surface area contributed by atoms with Gasteiger partial charge in [0.05, 0.1) is 32.9 Å². The van der Waals surface area contributed by atoms with Crippen LogP contribution in [-0.4, -0.2) is 18.6 Å². The number of aryl methyl sites for hydroxylation is 2. The molecule has 108 valence electrons. The quantitative estimate of drug-likeness (QED) is 0.901. The maximum atomic E-state index is 12.1. The molecule has 0 radical (unpaired) electrons. The second-order valence-corrected chi connectivity index (χ2v) is 6.96. The number of H-pyrrole nitrogens is 1. The van der Waals surface area contributed by atoms with Crippen LogP contribution in [0.15, 0.2) is 18.2 Å². The van der Waals surface area contributed by atoms with Gasteiger partial charge >= 0.3 is 0 Å². The average molecular weight is 334 g/mol. The van der Waals surface area contributed by atoms with Crippen LogP contribution in [0.5, 0.6) is 0 Å². The molecule has 0 amide bonds. The number of anilines is 1. The number of benzene rings is 1. The van der Waals surface area contributed by atoms with Crippen molar-refractivity contribution in [2.75, 3.05) is 4.72 Å². The highest BCUT2D eigenvalue weighted by Crippen LogP contribution is 2.24. The van der Waals surface area contributed by atoms with Crippen LogP contribution in [0.1, 0.15) is 17.0 Å². The minimum Gasteiger partial charge on any atom is -0.280 e. The molecule has 1 aromatic carbocycles. The molecule has 8 heteroatoms. The first-order valence-corrected chi connectivity index (χ1v) is 8.15. The number of nitrogens with zero attached hydrogens (tertiary/aromatic N) is 1. The third kappa shape index (κ3) is 3.45. The number of nitrogens with one attached hydrogen (secondary N) is 2. The Bertz CT molecular complexity index is 722. The molecule has 0 unspecified atom stereocenters. The topological polar surface area (TPSA) is 74.8 Å². The summed E-state index contributed by atoms with van der Waals surface area (Å²) in [5, 5.41) is 7.39. The molecule has 0 atom stereocenters. The maximum Gasteiger partial charge on any atom is 0.237 e. The molecular formula is C12H13Cl2N3O2S. The van der Waals surface area contributed by atoms with Crippen molar-refractivity contribution in [3.8, 4) is 0 Å². The van der Waals surface area contributed by atoms with E-state index in [4.69, 9.17) is 23.2 Å². The van der Waals surface area contributed by atoms with E-state index in [0.717, 1.165) is 0 Å². The highest BCUT2D eigenvalue weighted by molar-refractivity contribution is 7.91. The van der Waals surface area contributed by atoms with Gasteiger partial charge in [-0.3, -0.25) is 9.82 Å². The Labute approximate surface area is 127 Å². The molecule has 0 saturated carbocycles. The summed E-state index contributed by atoms with van der Waals surface area (Å²) in [5.41, 5.74) is 2.30. The Morgan fingerprint density at radius 3 is 2.50 bits per heavy atom. The van der Waals surface area contributed by atoms with Crippen LogP contribution in [-0.2, 0) is 15.8 Å². The Hall–Kier alpha value is -1.24. The van der Waals surface area contributed by atoms with Gasteiger partial charge in [0.1, 0.15) is 0 Å². The zero-order valence-electron chi connectivity index (χ0n) is 10.9. The monoisotopic (exact) mass is 333 g/mol. The molecular weight excluding hydrogens is 321 g/mol. The summed E-state index contributed by atoms with van der Waals surface area (Å²) in [6, 6.07) is 4.74. The van der Waals surface area contributed by atoms with Gasteiger partial charge in [-0.05, 0) is 31.5 Å². The normalized spacial score (nSPS) is 11.6. The van der Waals surface area contributed by atoms with Crippen LogP contribution < -0.4 is 4.72 Å². The van der Waals surface area contributed by atoms with Gasteiger partial charge in [-0.15, -0.1) is 0 Å². The molecule has 20 heavy (non-hydrogen) atoms. The van der Waals surface area contributed by atoms with Crippen LogP contribution in [0.2, 0.25) is 10.0 Å². The first kappa shape index (κ1) is 15.2. The number of aromatic nitrogens is 2. The lowest BCUT2D eigenvalue weighted by Gasteiger charge is -2.08. The average Bonchev–Trinajstić information content (AvgIpc) is 2.65. The van der Waals surface area contributed by atoms with E-state index in [1.54, 1.807) is 26.0 Å². The van der Waals surface area contributed by atoms with Crippen LogP contribution in [0.4, 0.5) is 5.69 Å². The molecule has 1 heterocycles. The molecule has 2 N–H and O–H groups in total. The van der Waals surface area contributed by atoms with Crippen LogP contribution >= 0.6 is 23.2 Å². The largest absolute Gasteiger partial charge is 0.280 e. The van der Waals surface area contributed by atoms with Gasteiger partial charge in [0.25, 0.3) is 0 Å². The lowest BCUT2D eigenvalue weighted by molar-refractivity contribution is 0.600. The molecule has 0 spiro atoms. The molecule has 0 aliphatic rings. The van der Waals surface area contributed by atoms with Crippen molar-refractivity contribution in [2.24, 2.45) is 0 Å². The third-order valence-electron chi connectivity index (χ3n) is 2.73. The molecule has 2 aromatic rings. The van der Waals surface area contributed by atoms with Gasteiger partial charge in [0, 0.05) is 0 Å². The van der Waals surface area contributed by atoms with E-state index in [-0.39, 0.29) is 5.75 Å². The van der Waals surface area contributed by atoms with Crippen molar-refractivity contribution in [1.82, 2.24) is 10.2 Å². The van der Waals surface area contributed by atoms with Gasteiger partial charge in [-0.1, -0.05) is 29.3 Å². The van der Waals surface area contributed by atoms with Crippen molar-refractivity contribution in [3.05, 3.63) is 45.2 Å². The van der Waals surface area contributed by atoms with E-state index in [0.29, 0.717) is 32.7 Å². The second-order valence-electron chi connectivity index (χ2n) is 4.42. The number of hydrogen-bond donors (Lipinski definition) is 2. The summed E-state index contributed by atoms with van der Waals surface area (Å²) in [4.78, 5) is 0. The number of sulfonamides is 1. The van der Waals surface area contributed by atoms with Gasteiger partial charge < -0.3 is 0 Å². The zero-order chi connectivity index (χ0) is 14.9. The summed E-state index contributed by atoms with van der Waals surface area (Å²) >= 11 is 11.7. The van der Waals surface area contributed by atoms with Gasteiger partial charge in [-0.25, -0.2) is 8.42 Å². The number of aromatic amines is 1. The highest BCUT2D eigenvalue weighted by atomic mass is 35.5. The van der Waals surface area contributed by atoms with E-state index in [1.165, 1.54) is 6.07 Å². The van der Waals surface area contributed by atoms with E-state index >= 15 is 0 Å². The van der Waals surface area contributed by atoms with Gasteiger partial charge in [0.2, 0.25) is 10.0 Å². The van der Waals surface area contributed by atoms with Crippen molar-refractivity contribution < 1.29 is 8.42 Å². The Morgan fingerprint density at radius 2 is 1.95 bits per heavy atom. The Morgan fingerprint density at radius 1 is 1.25 bits per heavy atom. The standard InChI is InChI=1S/C12H13Cl2N3O2S/c1-7-12(8(2)16-15-7)17-20(18,19)6-9-3-4-10(13)11(14)5-9/h3-5,17H,6H2,1-2H3,(H,15,16). The van der Waals surface area contributed by atoms with Crippen LogP contribution in [0.25, 0.3) is 0 Å². The van der Waals surface area contributed by atoms with Crippen molar-refractivity contribution in [2.45, 2.75) is 19.6 Å². The fourth-order valence-corrected chi connectivity index (χ4v) is 3.36. The predicted molar refractivity (Wildman–Crippen MR) is 80.8 cm³/mol. The lowest BCUT2D eigenvalue weighted by Crippen LogP contribution is -2.16. The fraction of sp³-hybridized carbons (Fsp3) is 0.250. The molecule has 5 nitrogen and oxygen atoms in total.